The van der Waals surface area contributed by atoms with E-state index >= 15 is 0 Å². The van der Waals surface area contributed by atoms with E-state index in [1.165, 1.54) is 34.5 Å². The molecule has 0 saturated heterocycles. The first-order valence-electron chi connectivity index (χ1n) is 9.01. The van der Waals surface area contributed by atoms with Gasteiger partial charge in [-0.15, -0.1) is 0 Å². The summed E-state index contributed by atoms with van der Waals surface area (Å²) < 4.78 is 5.59. The zero-order chi connectivity index (χ0) is 17.1. The predicted octanol–water partition coefficient (Wildman–Crippen LogP) is 5.71. The summed E-state index contributed by atoms with van der Waals surface area (Å²) >= 11 is 2.06. The molecule has 3 nitrogen and oxygen atoms in total. The molecular formula is C20H27IN2O. The Balaban J connectivity index is 1.85. The van der Waals surface area contributed by atoms with Gasteiger partial charge in [-0.3, -0.25) is 5.43 Å². The van der Waals surface area contributed by atoms with Crippen LogP contribution in [0, 0.1) is 5.92 Å². The quantitative estimate of drug-likeness (QED) is 0.614. The fourth-order valence-corrected chi connectivity index (χ4v) is 4.31. The highest BCUT2D eigenvalue weighted by atomic mass is 127. The van der Waals surface area contributed by atoms with Gasteiger partial charge < -0.3 is 3.07 Å². The summed E-state index contributed by atoms with van der Waals surface area (Å²) in [5.74, 6) is 1.01. The molecule has 1 N–H and O–H groups in total. The average molecular weight is 438 g/mol. The van der Waals surface area contributed by atoms with E-state index in [-0.39, 0.29) is 0 Å². The first-order valence-corrected chi connectivity index (χ1v) is 9.89. The molecule has 2 unspecified atom stereocenters. The molecule has 2 aliphatic rings. The molecule has 130 valence electrons. The first-order chi connectivity index (χ1) is 11.6. The lowest BCUT2D eigenvalue weighted by atomic mass is 9.79. The van der Waals surface area contributed by atoms with Crippen molar-refractivity contribution in [2.24, 2.45) is 11.0 Å². The number of nitrogens with zero attached hydrogens (tertiary/aromatic N) is 1. The number of allylic oxidation sites excluding steroid dienone is 2. The number of rotatable bonds is 3. The number of halogens is 1. The van der Waals surface area contributed by atoms with Gasteiger partial charge in [0.15, 0.2) is 0 Å². The number of hydrazone groups is 1. The third-order valence-corrected chi connectivity index (χ3v) is 6.05. The first kappa shape index (κ1) is 17.9. The number of hydrogen-bond donors (Lipinski definition) is 1. The zero-order valence-electron chi connectivity index (χ0n) is 14.8. The Bertz CT molecular complexity index is 634. The Kier molecular flexibility index (Phi) is 5.98. The monoisotopic (exact) mass is 438 g/mol. The maximum Gasteiger partial charge on any atom is 0.110 e. The van der Waals surface area contributed by atoms with Crippen LogP contribution in [0.4, 0.5) is 0 Å². The van der Waals surface area contributed by atoms with Crippen molar-refractivity contribution in [2.45, 2.75) is 64.9 Å². The molecule has 1 heterocycles. The van der Waals surface area contributed by atoms with Crippen LogP contribution in [0.2, 0.25) is 0 Å². The second kappa shape index (κ2) is 8.00. The standard InChI is InChI=1S/C20H27IN2O/c1-13(2)15-7-9-16(10-8-15)20-19-6-4-5-17(24-21)11-12-18(19)14(3)22-23-20/h7-10,13,17,19,22H,4-6,11-12H2,1-3H3. The van der Waals surface area contributed by atoms with Gasteiger partial charge in [0.05, 0.1) is 11.8 Å². The van der Waals surface area contributed by atoms with Gasteiger partial charge in [-0.2, -0.15) is 5.10 Å². The van der Waals surface area contributed by atoms with Crippen LogP contribution in [0.5, 0.6) is 0 Å². The molecular weight excluding hydrogens is 411 g/mol. The number of nitrogens with one attached hydrogen (secondary N) is 1. The highest BCUT2D eigenvalue weighted by Gasteiger charge is 2.29. The summed E-state index contributed by atoms with van der Waals surface area (Å²) in [5, 5.41) is 4.73. The molecule has 0 bridgehead atoms. The van der Waals surface area contributed by atoms with Gasteiger partial charge in [-0.05, 0) is 61.6 Å². The summed E-state index contributed by atoms with van der Waals surface area (Å²) in [6.45, 7) is 6.63. The lowest BCUT2D eigenvalue weighted by Gasteiger charge is -2.31. The third kappa shape index (κ3) is 3.85. The minimum absolute atomic E-state index is 0.388. The Morgan fingerprint density at radius 3 is 2.58 bits per heavy atom. The molecule has 1 aliphatic heterocycles. The molecule has 1 fully saturated rings. The van der Waals surface area contributed by atoms with E-state index in [9.17, 15) is 0 Å². The minimum Gasteiger partial charge on any atom is -0.312 e. The van der Waals surface area contributed by atoms with Gasteiger partial charge in [-0.1, -0.05) is 38.1 Å². The molecule has 1 saturated carbocycles. The van der Waals surface area contributed by atoms with Crippen molar-refractivity contribution in [2.75, 3.05) is 0 Å². The largest absolute Gasteiger partial charge is 0.312 e. The van der Waals surface area contributed by atoms with Crippen LogP contribution in [0.1, 0.15) is 69.9 Å². The SMILES string of the molecule is CC1=C2CCC(OI)CCCC2C(c2ccc(C(C)C)cc2)=NN1. The Morgan fingerprint density at radius 1 is 1.17 bits per heavy atom. The van der Waals surface area contributed by atoms with Gasteiger partial charge in [0, 0.05) is 11.6 Å². The maximum absolute atomic E-state index is 5.59. The van der Waals surface area contributed by atoms with Crippen LogP contribution in [0.15, 0.2) is 40.6 Å². The molecule has 0 spiro atoms. The second-order valence-corrected chi connectivity index (χ2v) is 7.78. The minimum atomic E-state index is 0.388. The molecule has 1 aromatic carbocycles. The topological polar surface area (TPSA) is 33.6 Å². The Labute approximate surface area is 159 Å². The van der Waals surface area contributed by atoms with E-state index in [2.05, 4.69) is 73.5 Å². The fraction of sp³-hybridized carbons (Fsp3) is 0.550. The van der Waals surface area contributed by atoms with Crippen molar-refractivity contribution in [3.8, 4) is 0 Å². The molecule has 4 heteroatoms. The molecule has 0 aromatic heterocycles. The van der Waals surface area contributed by atoms with Crippen molar-refractivity contribution < 1.29 is 3.07 Å². The van der Waals surface area contributed by atoms with Crippen LogP contribution in [-0.2, 0) is 3.07 Å². The van der Waals surface area contributed by atoms with E-state index < -0.39 is 0 Å². The summed E-state index contributed by atoms with van der Waals surface area (Å²) in [4.78, 5) is 0. The highest BCUT2D eigenvalue weighted by molar-refractivity contribution is 14.1. The van der Waals surface area contributed by atoms with E-state index in [0.29, 0.717) is 17.9 Å². The summed E-state index contributed by atoms with van der Waals surface area (Å²) in [6.07, 6.45) is 6.10. The van der Waals surface area contributed by atoms with Crippen molar-refractivity contribution >= 4 is 28.7 Å². The molecule has 1 aromatic rings. The molecule has 24 heavy (non-hydrogen) atoms. The summed E-state index contributed by atoms with van der Waals surface area (Å²) in [5.41, 5.74) is 9.87. The van der Waals surface area contributed by atoms with Gasteiger partial charge in [0.2, 0.25) is 0 Å². The molecule has 2 atom stereocenters. The normalized spacial score (nSPS) is 24.8. The number of hydrogen-bond acceptors (Lipinski definition) is 3. The van der Waals surface area contributed by atoms with Crippen molar-refractivity contribution in [1.29, 1.82) is 0 Å². The average Bonchev–Trinajstić information content (AvgIpc) is 2.56. The van der Waals surface area contributed by atoms with Crippen LogP contribution in [0.3, 0.4) is 0 Å². The lowest BCUT2D eigenvalue weighted by molar-refractivity contribution is 0.236. The number of benzene rings is 1. The zero-order valence-corrected chi connectivity index (χ0v) is 17.0. The molecule has 3 rings (SSSR count). The highest BCUT2D eigenvalue weighted by Crippen LogP contribution is 2.35. The van der Waals surface area contributed by atoms with Crippen molar-refractivity contribution in [3.05, 3.63) is 46.7 Å². The van der Waals surface area contributed by atoms with E-state index in [1.54, 1.807) is 0 Å². The van der Waals surface area contributed by atoms with Gasteiger partial charge in [-0.25, -0.2) is 0 Å². The number of fused-ring (bicyclic) bond motifs is 1. The smallest absolute Gasteiger partial charge is 0.110 e. The lowest BCUT2D eigenvalue weighted by Crippen LogP contribution is -2.30. The molecule has 0 amide bonds. The second-order valence-electron chi connectivity index (χ2n) is 7.27. The van der Waals surface area contributed by atoms with Crippen LogP contribution >= 0.6 is 23.0 Å². The van der Waals surface area contributed by atoms with E-state index in [1.807, 2.05) is 0 Å². The predicted molar refractivity (Wildman–Crippen MR) is 108 cm³/mol. The van der Waals surface area contributed by atoms with Gasteiger partial charge >= 0.3 is 0 Å². The third-order valence-electron chi connectivity index (χ3n) is 5.33. The van der Waals surface area contributed by atoms with E-state index in [0.717, 1.165) is 25.7 Å². The van der Waals surface area contributed by atoms with Crippen LogP contribution in [0.25, 0.3) is 0 Å². The fourth-order valence-electron chi connectivity index (χ4n) is 3.80. The Morgan fingerprint density at radius 2 is 1.92 bits per heavy atom. The molecule has 1 aliphatic carbocycles. The van der Waals surface area contributed by atoms with Crippen LogP contribution in [-0.4, -0.2) is 11.8 Å². The summed E-state index contributed by atoms with van der Waals surface area (Å²) in [6, 6.07) is 8.97. The van der Waals surface area contributed by atoms with Crippen molar-refractivity contribution in [1.82, 2.24) is 5.43 Å². The maximum atomic E-state index is 5.59. The summed E-state index contributed by atoms with van der Waals surface area (Å²) in [7, 11) is 0. The van der Waals surface area contributed by atoms with Crippen molar-refractivity contribution in [3.63, 3.8) is 0 Å². The van der Waals surface area contributed by atoms with Gasteiger partial charge in [0.1, 0.15) is 23.0 Å². The van der Waals surface area contributed by atoms with Crippen LogP contribution < -0.4 is 5.43 Å². The van der Waals surface area contributed by atoms with Gasteiger partial charge in [0.25, 0.3) is 0 Å². The van der Waals surface area contributed by atoms with E-state index in [4.69, 9.17) is 8.17 Å². The molecule has 0 radical (unpaired) electrons. The Hall–Kier alpha value is -0.880.